The third-order valence-electron chi connectivity index (χ3n) is 3.39. The predicted molar refractivity (Wildman–Crippen MR) is 89.1 cm³/mol. The summed E-state index contributed by atoms with van der Waals surface area (Å²) in [6.45, 7) is 0.800. The second kappa shape index (κ2) is 8.79. The summed E-state index contributed by atoms with van der Waals surface area (Å²) in [4.78, 5) is 23.2. The molecule has 0 saturated carbocycles. The number of halogens is 1. The zero-order valence-corrected chi connectivity index (χ0v) is 13.3. The standard InChI is InChI=1S/C18H19FN2O3/c1-24-18(23)13-6-8-15(9-7-13)21-17(22)10-11-20-12-14-4-2-3-5-16(14)19/h2-9,20H,10-12H2,1H3,(H,21,22). The molecule has 0 fully saturated rings. The fourth-order valence-electron chi connectivity index (χ4n) is 2.10. The second-order valence-corrected chi connectivity index (χ2v) is 5.14. The van der Waals surface area contributed by atoms with Gasteiger partial charge in [0.15, 0.2) is 0 Å². The van der Waals surface area contributed by atoms with Gasteiger partial charge in [-0.15, -0.1) is 0 Å². The molecule has 24 heavy (non-hydrogen) atoms. The van der Waals surface area contributed by atoms with Gasteiger partial charge >= 0.3 is 5.97 Å². The Bertz CT molecular complexity index is 702. The van der Waals surface area contributed by atoms with Crippen LogP contribution in [0.5, 0.6) is 0 Å². The molecule has 2 N–H and O–H groups in total. The average Bonchev–Trinajstić information content (AvgIpc) is 2.60. The first-order valence-corrected chi connectivity index (χ1v) is 7.52. The molecule has 0 spiro atoms. The molecule has 2 aromatic rings. The lowest BCUT2D eigenvalue weighted by Gasteiger charge is -2.08. The molecule has 0 aromatic heterocycles. The van der Waals surface area contributed by atoms with E-state index >= 15 is 0 Å². The van der Waals surface area contributed by atoms with Crippen molar-refractivity contribution in [3.63, 3.8) is 0 Å². The number of carbonyl (C=O) groups is 2. The van der Waals surface area contributed by atoms with E-state index in [-0.39, 0.29) is 18.1 Å². The highest BCUT2D eigenvalue weighted by atomic mass is 19.1. The van der Waals surface area contributed by atoms with E-state index < -0.39 is 5.97 Å². The first-order valence-electron chi connectivity index (χ1n) is 7.52. The molecule has 126 valence electrons. The van der Waals surface area contributed by atoms with Crippen molar-refractivity contribution in [1.82, 2.24) is 5.32 Å². The van der Waals surface area contributed by atoms with Crippen LogP contribution in [0.1, 0.15) is 22.3 Å². The maximum absolute atomic E-state index is 13.4. The van der Waals surface area contributed by atoms with Gasteiger partial charge in [0, 0.05) is 30.8 Å². The number of rotatable bonds is 7. The topological polar surface area (TPSA) is 67.4 Å². The lowest BCUT2D eigenvalue weighted by Crippen LogP contribution is -2.22. The number of amides is 1. The van der Waals surface area contributed by atoms with E-state index in [0.717, 1.165) is 0 Å². The number of ether oxygens (including phenoxy) is 1. The third kappa shape index (κ3) is 5.17. The SMILES string of the molecule is COC(=O)c1ccc(NC(=O)CCNCc2ccccc2F)cc1. The van der Waals surface area contributed by atoms with Gasteiger partial charge in [0.1, 0.15) is 5.82 Å². The Kier molecular flexibility index (Phi) is 6.45. The number of nitrogens with one attached hydrogen (secondary N) is 2. The number of methoxy groups -OCH3 is 1. The van der Waals surface area contributed by atoms with Gasteiger partial charge in [-0.2, -0.15) is 0 Å². The van der Waals surface area contributed by atoms with Crippen molar-refractivity contribution in [2.45, 2.75) is 13.0 Å². The van der Waals surface area contributed by atoms with Crippen LogP contribution in [0.4, 0.5) is 10.1 Å². The van der Waals surface area contributed by atoms with Crippen molar-refractivity contribution in [2.75, 3.05) is 19.0 Å². The van der Waals surface area contributed by atoms with Gasteiger partial charge in [-0.3, -0.25) is 4.79 Å². The highest BCUT2D eigenvalue weighted by molar-refractivity contribution is 5.93. The molecular formula is C18H19FN2O3. The molecule has 0 unspecified atom stereocenters. The van der Waals surface area contributed by atoms with E-state index in [0.29, 0.717) is 29.9 Å². The van der Waals surface area contributed by atoms with Crippen molar-refractivity contribution < 1.29 is 18.7 Å². The Morgan fingerprint density at radius 1 is 1.08 bits per heavy atom. The summed E-state index contributed by atoms with van der Waals surface area (Å²) < 4.78 is 18.0. The smallest absolute Gasteiger partial charge is 0.337 e. The Labute approximate surface area is 139 Å². The van der Waals surface area contributed by atoms with Crippen LogP contribution in [0.25, 0.3) is 0 Å². The number of esters is 1. The molecular weight excluding hydrogens is 311 g/mol. The van der Waals surface area contributed by atoms with Crippen LogP contribution in [-0.4, -0.2) is 25.5 Å². The molecule has 0 atom stereocenters. The van der Waals surface area contributed by atoms with Crippen LogP contribution in [0.2, 0.25) is 0 Å². The van der Waals surface area contributed by atoms with Gasteiger partial charge in [0.05, 0.1) is 12.7 Å². The van der Waals surface area contributed by atoms with Crippen LogP contribution >= 0.6 is 0 Å². The number of carbonyl (C=O) groups excluding carboxylic acids is 2. The monoisotopic (exact) mass is 330 g/mol. The van der Waals surface area contributed by atoms with Gasteiger partial charge in [-0.05, 0) is 30.3 Å². The first kappa shape index (κ1) is 17.6. The third-order valence-corrected chi connectivity index (χ3v) is 3.39. The van der Waals surface area contributed by atoms with Crippen LogP contribution < -0.4 is 10.6 Å². The van der Waals surface area contributed by atoms with Crippen molar-refractivity contribution in [3.8, 4) is 0 Å². The van der Waals surface area contributed by atoms with Gasteiger partial charge in [-0.25, -0.2) is 9.18 Å². The zero-order valence-electron chi connectivity index (χ0n) is 13.3. The average molecular weight is 330 g/mol. The summed E-state index contributed by atoms with van der Waals surface area (Å²) in [5.41, 5.74) is 1.58. The zero-order chi connectivity index (χ0) is 17.4. The Morgan fingerprint density at radius 2 is 1.79 bits per heavy atom. The molecule has 1 amide bonds. The van der Waals surface area contributed by atoms with Gasteiger partial charge in [-0.1, -0.05) is 18.2 Å². The minimum Gasteiger partial charge on any atom is -0.465 e. The van der Waals surface area contributed by atoms with E-state index in [1.54, 1.807) is 42.5 Å². The van der Waals surface area contributed by atoms with E-state index in [1.165, 1.54) is 13.2 Å². The lowest BCUT2D eigenvalue weighted by atomic mass is 10.2. The van der Waals surface area contributed by atoms with Gasteiger partial charge < -0.3 is 15.4 Å². The molecule has 0 aliphatic carbocycles. The summed E-state index contributed by atoms with van der Waals surface area (Å²) in [5, 5.41) is 5.76. The maximum atomic E-state index is 13.4. The number of benzene rings is 2. The summed E-state index contributed by atoms with van der Waals surface area (Å²) in [6, 6.07) is 12.9. The van der Waals surface area contributed by atoms with Crippen molar-refractivity contribution in [2.24, 2.45) is 0 Å². The highest BCUT2D eigenvalue weighted by Gasteiger charge is 2.06. The number of hydrogen-bond donors (Lipinski definition) is 2. The van der Waals surface area contributed by atoms with Crippen molar-refractivity contribution >= 4 is 17.6 Å². The van der Waals surface area contributed by atoms with E-state index in [9.17, 15) is 14.0 Å². The predicted octanol–water partition coefficient (Wildman–Crippen LogP) is 2.73. The van der Waals surface area contributed by atoms with Crippen LogP contribution in [0.3, 0.4) is 0 Å². The molecule has 0 aliphatic rings. The molecule has 2 rings (SSSR count). The molecule has 5 nitrogen and oxygen atoms in total. The number of anilines is 1. The minimum atomic E-state index is -0.426. The molecule has 2 aromatic carbocycles. The van der Waals surface area contributed by atoms with Gasteiger partial charge in [0.2, 0.25) is 5.91 Å². The fraction of sp³-hybridized carbons (Fsp3) is 0.222. The fourth-order valence-corrected chi connectivity index (χ4v) is 2.10. The summed E-state index contributed by atoms with van der Waals surface area (Å²) in [5.74, 6) is -0.854. The van der Waals surface area contributed by atoms with E-state index in [4.69, 9.17) is 0 Å². The molecule has 0 bridgehead atoms. The molecule has 0 heterocycles. The maximum Gasteiger partial charge on any atom is 0.337 e. The Hall–Kier alpha value is -2.73. The van der Waals surface area contributed by atoms with E-state index in [1.807, 2.05) is 0 Å². The van der Waals surface area contributed by atoms with Crippen molar-refractivity contribution in [1.29, 1.82) is 0 Å². The lowest BCUT2D eigenvalue weighted by molar-refractivity contribution is -0.116. The first-order chi connectivity index (χ1) is 11.6. The summed E-state index contributed by atoms with van der Waals surface area (Å²) in [6.07, 6.45) is 0.257. The molecule has 6 heteroatoms. The number of hydrogen-bond acceptors (Lipinski definition) is 4. The van der Waals surface area contributed by atoms with Crippen molar-refractivity contribution in [3.05, 3.63) is 65.5 Å². The summed E-state index contributed by atoms with van der Waals surface area (Å²) >= 11 is 0. The molecule has 0 aliphatic heterocycles. The van der Waals surface area contributed by atoms with Gasteiger partial charge in [0.25, 0.3) is 0 Å². The Morgan fingerprint density at radius 3 is 2.46 bits per heavy atom. The van der Waals surface area contributed by atoms with Crippen LogP contribution in [0.15, 0.2) is 48.5 Å². The largest absolute Gasteiger partial charge is 0.465 e. The van der Waals surface area contributed by atoms with Crippen LogP contribution in [-0.2, 0) is 16.1 Å². The quantitative estimate of drug-likeness (QED) is 0.605. The van der Waals surface area contributed by atoms with E-state index in [2.05, 4.69) is 15.4 Å². The van der Waals surface area contributed by atoms with Crippen LogP contribution in [0, 0.1) is 5.82 Å². The summed E-state index contributed by atoms with van der Waals surface area (Å²) in [7, 11) is 1.31. The normalized spacial score (nSPS) is 10.2. The minimum absolute atomic E-state index is 0.165. The second-order valence-electron chi connectivity index (χ2n) is 5.14. The molecule has 0 saturated heterocycles. The Balaban J connectivity index is 1.73. The molecule has 0 radical (unpaired) electrons. The highest BCUT2D eigenvalue weighted by Crippen LogP contribution is 2.10.